The summed E-state index contributed by atoms with van der Waals surface area (Å²) >= 11 is 3.37. The van der Waals surface area contributed by atoms with Crippen LogP contribution < -0.4 is 4.90 Å². The maximum atomic E-state index is 13.2. The fourth-order valence-electron chi connectivity index (χ4n) is 1.99. The molecule has 0 aliphatic carbocycles. The Labute approximate surface area is 116 Å². The minimum Gasteiger partial charge on any atom is -0.364 e. The van der Waals surface area contributed by atoms with Crippen LogP contribution in [0.1, 0.15) is 13.3 Å². The van der Waals surface area contributed by atoms with E-state index in [1.54, 1.807) is 23.1 Å². The molecule has 18 heavy (non-hydrogen) atoms. The molecule has 2 rings (SSSR count). The molecule has 100 valence electrons. The van der Waals surface area contributed by atoms with E-state index >= 15 is 0 Å². The zero-order valence-corrected chi connectivity index (χ0v) is 12.4. The molecule has 1 aliphatic heterocycles. The molecule has 6 heteroatoms. The minimum atomic E-state index is -2.61. The highest BCUT2D eigenvalue weighted by molar-refractivity contribution is 9.10. The molecule has 0 aromatic heterocycles. The van der Waals surface area contributed by atoms with Crippen LogP contribution in [-0.4, -0.2) is 29.0 Å². The summed E-state index contributed by atoms with van der Waals surface area (Å²) in [5, 5.41) is 0. The van der Waals surface area contributed by atoms with Crippen molar-refractivity contribution in [2.24, 2.45) is 0 Å². The fraction of sp³-hybridized carbons (Fsp3) is 0.500. The molecule has 1 aromatic carbocycles. The summed E-state index contributed by atoms with van der Waals surface area (Å²) in [5.41, 5.74) is 0.740. The molecule has 0 amide bonds. The summed E-state index contributed by atoms with van der Waals surface area (Å²) in [6.45, 7) is 1.95. The predicted octanol–water partition coefficient (Wildman–Crippen LogP) is 3.42. The quantitative estimate of drug-likeness (QED) is 0.842. The maximum absolute atomic E-state index is 13.2. The Morgan fingerprint density at radius 2 is 2.22 bits per heavy atom. The summed E-state index contributed by atoms with van der Waals surface area (Å²) in [4.78, 5) is 2.38. The van der Waals surface area contributed by atoms with E-state index in [-0.39, 0.29) is 13.0 Å². The standard InChI is InChI=1S/C12H14BrF2NOS/c1-2-18(17)9-3-4-11(10(13)7-9)16-6-5-12(14,15)8-16/h3-4,7H,2,5-6,8H2,1H3/t18-/m1/s1. The smallest absolute Gasteiger partial charge is 0.266 e. The van der Waals surface area contributed by atoms with Gasteiger partial charge in [0.05, 0.1) is 23.0 Å². The van der Waals surface area contributed by atoms with Crippen molar-refractivity contribution in [3.8, 4) is 0 Å². The van der Waals surface area contributed by atoms with E-state index in [1.807, 2.05) is 6.92 Å². The third-order valence-electron chi connectivity index (χ3n) is 2.95. The first-order chi connectivity index (χ1) is 8.43. The third-order valence-corrected chi connectivity index (χ3v) is 4.89. The average Bonchev–Trinajstić information content (AvgIpc) is 2.68. The Morgan fingerprint density at radius 1 is 1.50 bits per heavy atom. The lowest BCUT2D eigenvalue weighted by atomic mass is 10.3. The van der Waals surface area contributed by atoms with Gasteiger partial charge in [-0.2, -0.15) is 0 Å². The van der Waals surface area contributed by atoms with E-state index in [9.17, 15) is 13.0 Å². The van der Waals surface area contributed by atoms with Gasteiger partial charge in [0.1, 0.15) is 0 Å². The molecule has 1 saturated heterocycles. The number of hydrogen-bond acceptors (Lipinski definition) is 2. The zero-order valence-electron chi connectivity index (χ0n) is 9.96. The number of rotatable bonds is 3. The van der Waals surface area contributed by atoms with Gasteiger partial charge in [0, 0.05) is 28.1 Å². The van der Waals surface area contributed by atoms with E-state index in [2.05, 4.69) is 15.9 Å². The van der Waals surface area contributed by atoms with Gasteiger partial charge in [0.15, 0.2) is 0 Å². The fourth-order valence-corrected chi connectivity index (χ4v) is 3.58. The van der Waals surface area contributed by atoms with Crippen LogP contribution in [-0.2, 0) is 10.8 Å². The molecular formula is C12H14BrF2NOS. The molecule has 2 nitrogen and oxygen atoms in total. The zero-order chi connectivity index (χ0) is 13.3. The second kappa shape index (κ2) is 5.25. The molecule has 1 atom stereocenters. The molecule has 1 aliphatic rings. The lowest BCUT2D eigenvalue weighted by Gasteiger charge is -2.20. The maximum Gasteiger partial charge on any atom is 0.266 e. The van der Waals surface area contributed by atoms with Crippen LogP contribution in [0.2, 0.25) is 0 Å². The van der Waals surface area contributed by atoms with Gasteiger partial charge in [0.25, 0.3) is 5.92 Å². The van der Waals surface area contributed by atoms with E-state index < -0.39 is 16.7 Å². The lowest BCUT2D eigenvalue weighted by molar-refractivity contribution is 0.0257. The number of nitrogens with zero attached hydrogens (tertiary/aromatic N) is 1. The largest absolute Gasteiger partial charge is 0.364 e. The Balaban J connectivity index is 2.23. The van der Waals surface area contributed by atoms with Crippen LogP contribution >= 0.6 is 15.9 Å². The summed E-state index contributed by atoms with van der Waals surface area (Å²) in [6, 6.07) is 5.26. The Kier molecular flexibility index (Phi) is 4.06. The number of hydrogen-bond donors (Lipinski definition) is 0. The van der Waals surface area contributed by atoms with E-state index in [4.69, 9.17) is 0 Å². The second-order valence-corrected chi connectivity index (χ2v) is 6.87. The highest BCUT2D eigenvalue weighted by atomic mass is 79.9. The van der Waals surface area contributed by atoms with Gasteiger partial charge in [-0.25, -0.2) is 8.78 Å². The summed E-state index contributed by atoms with van der Waals surface area (Å²) < 4.78 is 38.7. The summed E-state index contributed by atoms with van der Waals surface area (Å²) in [7, 11) is -1.02. The molecule has 1 fully saturated rings. The normalized spacial score (nSPS) is 20.1. The average molecular weight is 338 g/mol. The number of alkyl halides is 2. The monoisotopic (exact) mass is 337 g/mol. The molecule has 0 saturated carbocycles. The van der Waals surface area contributed by atoms with Gasteiger partial charge >= 0.3 is 0 Å². The van der Waals surface area contributed by atoms with Crippen molar-refractivity contribution >= 4 is 32.4 Å². The molecule has 0 unspecified atom stereocenters. The molecule has 1 aromatic rings. The van der Waals surface area contributed by atoms with E-state index in [1.165, 1.54) is 0 Å². The highest BCUT2D eigenvalue weighted by Crippen LogP contribution is 2.35. The van der Waals surface area contributed by atoms with Crippen molar-refractivity contribution in [1.29, 1.82) is 0 Å². The third kappa shape index (κ3) is 2.91. The second-order valence-electron chi connectivity index (χ2n) is 4.27. The molecular weight excluding hydrogens is 324 g/mol. The van der Waals surface area contributed by atoms with Gasteiger partial charge in [-0.15, -0.1) is 0 Å². The van der Waals surface area contributed by atoms with Crippen LogP contribution in [0.15, 0.2) is 27.6 Å². The van der Waals surface area contributed by atoms with Crippen molar-refractivity contribution < 1.29 is 13.0 Å². The van der Waals surface area contributed by atoms with Gasteiger partial charge in [-0.3, -0.25) is 4.21 Å². The summed E-state index contributed by atoms with van der Waals surface area (Å²) in [6.07, 6.45) is -0.109. The molecule has 0 radical (unpaired) electrons. The molecule has 0 bridgehead atoms. The number of anilines is 1. The van der Waals surface area contributed by atoms with Crippen molar-refractivity contribution in [3.63, 3.8) is 0 Å². The Morgan fingerprint density at radius 3 is 2.72 bits per heavy atom. The van der Waals surface area contributed by atoms with Crippen LogP contribution in [0, 0.1) is 0 Å². The van der Waals surface area contributed by atoms with Crippen LogP contribution in [0.3, 0.4) is 0 Å². The minimum absolute atomic E-state index is 0.109. The van der Waals surface area contributed by atoms with Gasteiger partial charge in [0.2, 0.25) is 0 Å². The highest BCUT2D eigenvalue weighted by Gasteiger charge is 2.38. The predicted molar refractivity (Wildman–Crippen MR) is 72.9 cm³/mol. The van der Waals surface area contributed by atoms with Crippen molar-refractivity contribution in [1.82, 2.24) is 0 Å². The first-order valence-corrected chi connectivity index (χ1v) is 7.85. The molecule has 0 spiro atoms. The first kappa shape index (κ1) is 13.9. The van der Waals surface area contributed by atoms with Gasteiger partial charge < -0.3 is 4.90 Å². The molecule has 0 N–H and O–H groups in total. The van der Waals surface area contributed by atoms with E-state index in [0.717, 1.165) is 15.1 Å². The van der Waals surface area contributed by atoms with Gasteiger partial charge in [-0.05, 0) is 34.1 Å². The van der Waals surface area contributed by atoms with Crippen LogP contribution in [0.5, 0.6) is 0 Å². The Hall–Kier alpha value is -0.490. The number of halogens is 3. The van der Waals surface area contributed by atoms with Crippen molar-refractivity contribution in [2.45, 2.75) is 24.2 Å². The van der Waals surface area contributed by atoms with Crippen LogP contribution in [0.4, 0.5) is 14.5 Å². The first-order valence-electron chi connectivity index (χ1n) is 5.73. The molecule has 1 heterocycles. The Bertz CT molecular complexity index is 481. The van der Waals surface area contributed by atoms with Crippen LogP contribution in [0.25, 0.3) is 0 Å². The van der Waals surface area contributed by atoms with Crippen molar-refractivity contribution in [3.05, 3.63) is 22.7 Å². The SMILES string of the molecule is CC[S@@](=O)c1ccc(N2CCC(F)(F)C2)c(Br)c1. The topological polar surface area (TPSA) is 20.3 Å². The van der Waals surface area contributed by atoms with E-state index in [0.29, 0.717) is 12.3 Å². The summed E-state index contributed by atoms with van der Waals surface area (Å²) in [5.74, 6) is -2.06. The number of benzene rings is 1. The van der Waals surface area contributed by atoms with Crippen molar-refractivity contribution in [2.75, 3.05) is 23.7 Å². The lowest BCUT2D eigenvalue weighted by Crippen LogP contribution is -2.25. The van der Waals surface area contributed by atoms with Gasteiger partial charge in [-0.1, -0.05) is 6.92 Å².